The molecule has 4 rings (SSSR count). The van der Waals surface area contributed by atoms with Gasteiger partial charge in [-0.3, -0.25) is 9.59 Å². The first-order chi connectivity index (χ1) is 14.8. The molecule has 0 saturated heterocycles. The fourth-order valence-electron chi connectivity index (χ4n) is 3.69. The molecule has 5 heteroatoms. The number of hydrogen-bond acceptors (Lipinski definition) is 3. The van der Waals surface area contributed by atoms with E-state index in [9.17, 15) is 9.59 Å². The molecule has 0 saturated carbocycles. The van der Waals surface area contributed by atoms with E-state index in [0.29, 0.717) is 21.8 Å². The van der Waals surface area contributed by atoms with Crippen LogP contribution >= 0.6 is 11.6 Å². The molecule has 2 amide bonds. The average molecular weight is 431 g/mol. The predicted molar refractivity (Wildman–Crippen MR) is 126 cm³/mol. The smallest absolute Gasteiger partial charge is 0.282 e. The normalized spacial score (nSPS) is 13.9. The fourth-order valence-corrected chi connectivity index (χ4v) is 3.91. The summed E-state index contributed by atoms with van der Waals surface area (Å²) in [5.74, 6) is -0.741. The first kappa shape index (κ1) is 20.9. The number of anilines is 2. The Bertz CT molecular complexity index is 1240. The Morgan fingerprint density at radius 2 is 1.45 bits per heavy atom. The number of nitrogens with one attached hydrogen (secondary N) is 1. The van der Waals surface area contributed by atoms with Crippen LogP contribution < -0.4 is 10.2 Å². The molecule has 1 N–H and O–H groups in total. The maximum absolute atomic E-state index is 13.5. The van der Waals surface area contributed by atoms with Crippen molar-refractivity contribution in [2.75, 3.05) is 10.2 Å². The van der Waals surface area contributed by atoms with Crippen LogP contribution in [-0.2, 0) is 9.59 Å². The van der Waals surface area contributed by atoms with Gasteiger partial charge in [0, 0.05) is 10.7 Å². The summed E-state index contributed by atoms with van der Waals surface area (Å²) in [5, 5.41) is 3.78. The van der Waals surface area contributed by atoms with Crippen molar-refractivity contribution < 1.29 is 9.59 Å². The van der Waals surface area contributed by atoms with Gasteiger partial charge >= 0.3 is 0 Å². The van der Waals surface area contributed by atoms with Crippen molar-refractivity contribution >= 4 is 40.4 Å². The summed E-state index contributed by atoms with van der Waals surface area (Å²) in [4.78, 5) is 28.3. The highest BCUT2D eigenvalue weighted by Crippen LogP contribution is 2.36. The van der Waals surface area contributed by atoms with Crippen molar-refractivity contribution in [1.29, 1.82) is 0 Å². The third-order valence-corrected chi connectivity index (χ3v) is 5.84. The van der Waals surface area contributed by atoms with Crippen LogP contribution in [0.2, 0.25) is 5.02 Å². The Kier molecular flexibility index (Phi) is 5.42. The quantitative estimate of drug-likeness (QED) is 0.518. The van der Waals surface area contributed by atoms with E-state index in [1.54, 1.807) is 18.2 Å². The van der Waals surface area contributed by atoms with Crippen LogP contribution in [0, 0.1) is 27.7 Å². The second-order valence-corrected chi connectivity index (χ2v) is 8.35. The lowest BCUT2D eigenvalue weighted by molar-refractivity contribution is -0.120. The lowest BCUT2D eigenvalue weighted by atomic mass is 10.0. The lowest BCUT2D eigenvalue weighted by Gasteiger charge is -2.18. The summed E-state index contributed by atoms with van der Waals surface area (Å²) in [6.07, 6.45) is 0. The van der Waals surface area contributed by atoms with E-state index in [0.717, 1.165) is 27.9 Å². The molecule has 1 heterocycles. The standard InChI is InChI=1S/C26H23ClN2O2/c1-15-5-8-19(9-6-15)23-24(28-21-11-7-16(2)17(3)14-21)26(31)29(25(23)30)22-12-10-20(27)13-18(22)4/h5-14,28H,1-4H3. The molecule has 156 valence electrons. The average Bonchev–Trinajstić information content (AvgIpc) is 2.96. The number of hydrogen-bond donors (Lipinski definition) is 1. The van der Waals surface area contributed by atoms with E-state index >= 15 is 0 Å². The first-order valence-electron chi connectivity index (χ1n) is 10.1. The van der Waals surface area contributed by atoms with Gasteiger partial charge in [0.15, 0.2) is 0 Å². The molecular formula is C26H23ClN2O2. The number of imide groups is 1. The van der Waals surface area contributed by atoms with E-state index < -0.39 is 0 Å². The number of amides is 2. The minimum Gasteiger partial charge on any atom is -0.350 e. The SMILES string of the molecule is Cc1ccc(C2=C(Nc3ccc(C)c(C)c3)C(=O)N(c3ccc(Cl)cc3C)C2=O)cc1. The maximum atomic E-state index is 13.5. The van der Waals surface area contributed by atoms with Crippen molar-refractivity contribution in [3.8, 4) is 0 Å². The Balaban J connectivity index is 1.84. The zero-order valence-electron chi connectivity index (χ0n) is 17.9. The highest BCUT2D eigenvalue weighted by molar-refractivity contribution is 6.46. The largest absolute Gasteiger partial charge is 0.350 e. The van der Waals surface area contributed by atoms with Gasteiger partial charge in [-0.15, -0.1) is 0 Å². The zero-order valence-corrected chi connectivity index (χ0v) is 18.7. The Morgan fingerprint density at radius 1 is 0.742 bits per heavy atom. The summed E-state index contributed by atoms with van der Waals surface area (Å²) < 4.78 is 0. The molecule has 0 aliphatic carbocycles. The van der Waals surface area contributed by atoms with E-state index in [2.05, 4.69) is 5.32 Å². The number of nitrogens with zero attached hydrogens (tertiary/aromatic N) is 1. The molecule has 0 bridgehead atoms. The number of benzene rings is 3. The highest BCUT2D eigenvalue weighted by Gasteiger charge is 2.40. The van der Waals surface area contributed by atoms with Gasteiger partial charge in [-0.05, 0) is 80.3 Å². The van der Waals surface area contributed by atoms with Gasteiger partial charge in [0.2, 0.25) is 0 Å². The van der Waals surface area contributed by atoms with Crippen molar-refractivity contribution in [3.63, 3.8) is 0 Å². The molecule has 4 nitrogen and oxygen atoms in total. The Morgan fingerprint density at radius 3 is 2.10 bits per heavy atom. The van der Waals surface area contributed by atoms with Gasteiger partial charge in [-0.25, -0.2) is 4.90 Å². The maximum Gasteiger partial charge on any atom is 0.282 e. The van der Waals surface area contributed by atoms with Crippen LogP contribution in [0.1, 0.15) is 27.8 Å². The fraction of sp³-hybridized carbons (Fsp3) is 0.154. The number of aryl methyl sites for hydroxylation is 4. The van der Waals surface area contributed by atoms with Crippen LogP contribution in [0.3, 0.4) is 0 Å². The Hall–Kier alpha value is -3.37. The van der Waals surface area contributed by atoms with Gasteiger partial charge in [0.1, 0.15) is 5.70 Å². The number of rotatable bonds is 4. The molecule has 0 radical (unpaired) electrons. The molecule has 0 fully saturated rings. The molecule has 0 atom stereocenters. The molecule has 3 aromatic rings. The number of carbonyl (C=O) groups is 2. The summed E-state index contributed by atoms with van der Waals surface area (Å²) in [6.45, 7) is 7.87. The van der Waals surface area contributed by atoms with Gasteiger partial charge in [-0.2, -0.15) is 0 Å². The monoisotopic (exact) mass is 430 g/mol. The lowest BCUT2D eigenvalue weighted by Crippen LogP contribution is -2.33. The van der Waals surface area contributed by atoms with Crippen LogP contribution in [0.15, 0.2) is 66.4 Å². The van der Waals surface area contributed by atoms with Gasteiger partial charge in [-0.1, -0.05) is 47.5 Å². The highest BCUT2D eigenvalue weighted by atomic mass is 35.5. The first-order valence-corrected chi connectivity index (χ1v) is 10.4. The van der Waals surface area contributed by atoms with E-state index in [1.807, 2.05) is 70.2 Å². The number of halogens is 1. The van der Waals surface area contributed by atoms with Crippen LogP contribution in [0.25, 0.3) is 5.57 Å². The van der Waals surface area contributed by atoms with Crippen LogP contribution in [0.5, 0.6) is 0 Å². The predicted octanol–water partition coefficient (Wildman–Crippen LogP) is 5.97. The van der Waals surface area contributed by atoms with Gasteiger partial charge in [0.25, 0.3) is 11.8 Å². The molecular weight excluding hydrogens is 408 g/mol. The molecule has 0 unspecified atom stereocenters. The summed E-state index contributed by atoms with van der Waals surface area (Å²) in [5.41, 5.74) is 6.71. The van der Waals surface area contributed by atoms with Crippen LogP contribution in [0.4, 0.5) is 11.4 Å². The van der Waals surface area contributed by atoms with Crippen molar-refractivity contribution in [2.45, 2.75) is 27.7 Å². The topological polar surface area (TPSA) is 49.4 Å². The van der Waals surface area contributed by atoms with Gasteiger partial charge < -0.3 is 5.32 Å². The molecule has 1 aliphatic rings. The third kappa shape index (κ3) is 3.87. The third-order valence-electron chi connectivity index (χ3n) is 5.60. The van der Waals surface area contributed by atoms with E-state index in [1.165, 1.54) is 4.90 Å². The molecule has 0 spiro atoms. The van der Waals surface area contributed by atoms with Crippen molar-refractivity contribution in [3.05, 3.63) is 99.2 Å². The molecule has 1 aliphatic heterocycles. The summed E-state index contributed by atoms with van der Waals surface area (Å²) in [6, 6.07) is 18.6. The summed E-state index contributed by atoms with van der Waals surface area (Å²) in [7, 11) is 0. The van der Waals surface area contributed by atoms with E-state index in [4.69, 9.17) is 11.6 Å². The Labute approximate surface area is 187 Å². The minimum absolute atomic E-state index is 0.270. The van der Waals surface area contributed by atoms with Crippen molar-refractivity contribution in [1.82, 2.24) is 0 Å². The molecule has 0 aromatic heterocycles. The molecule has 3 aromatic carbocycles. The zero-order chi connectivity index (χ0) is 22.3. The molecule has 31 heavy (non-hydrogen) atoms. The van der Waals surface area contributed by atoms with Crippen molar-refractivity contribution in [2.24, 2.45) is 0 Å². The van der Waals surface area contributed by atoms with Gasteiger partial charge in [0.05, 0.1) is 11.3 Å². The van der Waals surface area contributed by atoms with Crippen LogP contribution in [-0.4, -0.2) is 11.8 Å². The second-order valence-electron chi connectivity index (χ2n) is 7.92. The number of carbonyl (C=O) groups excluding carboxylic acids is 2. The minimum atomic E-state index is -0.385. The second kappa shape index (κ2) is 8.05. The van der Waals surface area contributed by atoms with E-state index in [-0.39, 0.29) is 17.5 Å². The summed E-state index contributed by atoms with van der Waals surface area (Å²) >= 11 is 6.09.